The van der Waals surface area contributed by atoms with Crippen molar-refractivity contribution in [3.63, 3.8) is 0 Å². The second kappa shape index (κ2) is 5.05. The SMILES string of the molecule is O=C(c1cn[nH]c1)N1CCC(O)(c2ccccn2)CC1. The summed E-state index contributed by atoms with van der Waals surface area (Å²) >= 11 is 0. The van der Waals surface area contributed by atoms with Crippen molar-refractivity contribution in [3.05, 3.63) is 48.0 Å². The number of hydrogen-bond acceptors (Lipinski definition) is 4. The third-order valence-electron chi connectivity index (χ3n) is 3.76. The number of aromatic amines is 1. The summed E-state index contributed by atoms with van der Waals surface area (Å²) in [5.74, 6) is -0.0539. The number of amides is 1. The zero-order valence-corrected chi connectivity index (χ0v) is 11.0. The van der Waals surface area contributed by atoms with E-state index in [2.05, 4.69) is 15.2 Å². The van der Waals surface area contributed by atoms with E-state index in [9.17, 15) is 9.90 Å². The number of aliphatic hydroxyl groups is 1. The Hall–Kier alpha value is -2.21. The summed E-state index contributed by atoms with van der Waals surface area (Å²) in [4.78, 5) is 18.1. The number of carbonyl (C=O) groups excluding carboxylic acids is 1. The monoisotopic (exact) mass is 272 g/mol. The van der Waals surface area contributed by atoms with Gasteiger partial charge in [0.25, 0.3) is 5.91 Å². The minimum atomic E-state index is -0.936. The fraction of sp³-hybridized carbons (Fsp3) is 0.357. The highest BCUT2D eigenvalue weighted by atomic mass is 16.3. The molecule has 6 nitrogen and oxygen atoms in total. The molecular formula is C14H16N4O2. The predicted molar refractivity (Wildman–Crippen MR) is 71.9 cm³/mol. The summed E-state index contributed by atoms with van der Waals surface area (Å²) in [6, 6.07) is 5.52. The maximum atomic E-state index is 12.2. The van der Waals surface area contributed by atoms with Crippen LogP contribution in [-0.2, 0) is 5.60 Å². The number of nitrogens with one attached hydrogen (secondary N) is 1. The molecule has 1 aliphatic rings. The average molecular weight is 272 g/mol. The molecule has 1 amide bonds. The van der Waals surface area contributed by atoms with E-state index in [1.165, 1.54) is 6.20 Å². The molecule has 0 bridgehead atoms. The number of nitrogens with zero attached hydrogens (tertiary/aromatic N) is 3. The van der Waals surface area contributed by atoms with Crippen LogP contribution in [0.2, 0.25) is 0 Å². The van der Waals surface area contributed by atoms with Gasteiger partial charge in [-0.2, -0.15) is 5.10 Å². The van der Waals surface area contributed by atoms with Gasteiger partial charge in [0.05, 0.1) is 17.5 Å². The van der Waals surface area contributed by atoms with E-state index >= 15 is 0 Å². The Morgan fingerprint density at radius 2 is 2.15 bits per heavy atom. The lowest BCUT2D eigenvalue weighted by molar-refractivity contribution is -0.0244. The van der Waals surface area contributed by atoms with Gasteiger partial charge in [0, 0.05) is 25.5 Å². The highest BCUT2D eigenvalue weighted by Gasteiger charge is 2.36. The van der Waals surface area contributed by atoms with Crippen LogP contribution in [0.1, 0.15) is 28.9 Å². The lowest BCUT2D eigenvalue weighted by Gasteiger charge is -2.37. The first kappa shape index (κ1) is 12.8. The van der Waals surface area contributed by atoms with Crippen molar-refractivity contribution in [1.29, 1.82) is 0 Å². The fourth-order valence-electron chi connectivity index (χ4n) is 2.52. The lowest BCUT2D eigenvalue weighted by Crippen LogP contribution is -2.45. The van der Waals surface area contributed by atoms with E-state index in [4.69, 9.17) is 0 Å². The Labute approximate surface area is 116 Å². The number of carbonyl (C=O) groups is 1. The summed E-state index contributed by atoms with van der Waals surface area (Å²) in [7, 11) is 0. The predicted octanol–water partition coefficient (Wildman–Crippen LogP) is 0.929. The number of likely N-dealkylation sites (tertiary alicyclic amines) is 1. The van der Waals surface area contributed by atoms with E-state index in [0.29, 0.717) is 37.2 Å². The molecule has 0 spiro atoms. The Morgan fingerprint density at radius 1 is 1.35 bits per heavy atom. The van der Waals surface area contributed by atoms with Crippen LogP contribution >= 0.6 is 0 Å². The minimum absolute atomic E-state index is 0.0539. The molecule has 20 heavy (non-hydrogen) atoms. The number of pyridine rings is 1. The fourth-order valence-corrected chi connectivity index (χ4v) is 2.52. The van der Waals surface area contributed by atoms with Crippen molar-refractivity contribution in [1.82, 2.24) is 20.1 Å². The van der Waals surface area contributed by atoms with E-state index < -0.39 is 5.60 Å². The Morgan fingerprint density at radius 3 is 2.75 bits per heavy atom. The van der Waals surface area contributed by atoms with Crippen LogP contribution < -0.4 is 0 Å². The van der Waals surface area contributed by atoms with Gasteiger partial charge in [0.1, 0.15) is 5.60 Å². The largest absolute Gasteiger partial charge is 0.383 e. The standard InChI is InChI=1S/C14H16N4O2/c19-13(11-9-16-17-10-11)18-7-4-14(20,5-8-18)12-3-1-2-6-15-12/h1-3,6,9-10,20H,4-5,7-8H2,(H,16,17). The molecule has 3 heterocycles. The quantitative estimate of drug-likeness (QED) is 0.852. The normalized spacial score (nSPS) is 17.9. The van der Waals surface area contributed by atoms with E-state index in [-0.39, 0.29) is 5.91 Å². The summed E-state index contributed by atoms with van der Waals surface area (Å²) in [5, 5.41) is 17.1. The molecule has 2 N–H and O–H groups in total. The summed E-state index contributed by atoms with van der Waals surface area (Å²) in [6.45, 7) is 1.02. The van der Waals surface area contributed by atoms with Crippen LogP contribution in [0.15, 0.2) is 36.8 Å². The summed E-state index contributed by atoms with van der Waals surface area (Å²) in [5.41, 5.74) is 0.290. The topological polar surface area (TPSA) is 82.1 Å². The van der Waals surface area contributed by atoms with Crippen molar-refractivity contribution in [3.8, 4) is 0 Å². The smallest absolute Gasteiger partial charge is 0.257 e. The molecule has 0 aromatic carbocycles. The molecule has 1 saturated heterocycles. The number of piperidine rings is 1. The van der Waals surface area contributed by atoms with E-state index in [1.54, 1.807) is 17.3 Å². The molecule has 104 valence electrons. The van der Waals surface area contributed by atoms with Gasteiger partial charge in [0.2, 0.25) is 0 Å². The molecule has 0 saturated carbocycles. The van der Waals surface area contributed by atoms with Crippen LogP contribution in [0.25, 0.3) is 0 Å². The van der Waals surface area contributed by atoms with Gasteiger partial charge in [-0.25, -0.2) is 0 Å². The Bertz CT molecular complexity index is 574. The molecular weight excluding hydrogens is 256 g/mol. The third kappa shape index (κ3) is 2.30. The second-order valence-corrected chi connectivity index (χ2v) is 5.03. The number of hydrogen-bond donors (Lipinski definition) is 2. The zero-order valence-electron chi connectivity index (χ0n) is 11.0. The van der Waals surface area contributed by atoms with Crippen molar-refractivity contribution < 1.29 is 9.90 Å². The third-order valence-corrected chi connectivity index (χ3v) is 3.76. The maximum Gasteiger partial charge on any atom is 0.257 e. The highest BCUT2D eigenvalue weighted by molar-refractivity contribution is 5.93. The van der Waals surface area contributed by atoms with Gasteiger partial charge in [0.15, 0.2) is 0 Å². The molecule has 1 aliphatic heterocycles. The van der Waals surface area contributed by atoms with Gasteiger partial charge >= 0.3 is 0 Å². The van der Waals surface area contributed by atoms with Crippen molar-refractivity contribution >= 4 is 5.91 Å². The van der Waals surface area contributed by atoms with Gasteiger partial charge in [-0.3, -0.25) is 14.9 Å². The Kier molecular flexibility index (Phi) is 3.23. The number of aromatic nitrogens is 3. The second-order valence-electron chi connectivity index (χ2n) is 5.03. The van der Waals surface area contributed by atoms with Gasteiger partial charge in [-0.05, 0) is 25.0 Å². The first-order chi connectivity index (χ1) is 9.69. The zero-order chi connectivity index (χ0) is 14.0. The molecule has 2 aromatic rings. The molecule has 0 aliphatic carbocycles. The highest BCUT2D eigenvalue weighted by Crippen LogP contribution is 2.31. The van der Waals surface area contributed by atoms with Crippen LogP contribution in [0.4, 0.5) is 0 Å². The first-order valence-corrected chi connectivity index (χ1v) is 6.61. The average Bonchev–Trinajstić information content (AvgIpc) is 3.02. The molecule has 0 atom stereocenters. The van der Waals surface area contributed by atoms with Crippen molar-refractivity contribution in [2.24, 2.45) is 0 Å². The number of rotatable bonds is 2. The maximum absolute atomic E-state index is 12.2. The van der Waals surface area contributed by atoms with Gasteiger partial charge in [-0.15, -0.1) is 0 Å². The summed E-state index contributed by atoms with van der Waals surface area (Å²) in [6.07, 6.45) is 5.77. The molecule has 0 unspecified atom stereocenters. The molecule has 6 heteroatoms. The lowest BCUT2D eigenvalue weighted by atomic mass is 9.87. The minimum Gasteiger partial charge on any atom is -0.383 e. The van der Waals surface area contributed by atoms with E-state index in [0.717, 1.165) is 0 Å². The molecule has 3 rings (SSSR count). The number of H-pyrrole nitrogens is 1. The summed E-state index contributed by atoms with van der Waals surface area (Å²) < 4.78 is 0. The van der Waals surface area contributed by atoms with Gasteiger partial charge in [-0.1, -0.05) is 6.07 Å². The Balaban J connectivity index is 1.69. The van der Waals surface area contributed by atoms with Gasteiger partial charge < -0.3 is 10.0 Å². The van der Waals surface area contributed by atoms with E-state index in [1.807, 2.05) is 18.2 Å². The van der Waals surface area contributed by atoms with Crippen molar-refractivity contribution in [2.45, 2.75) is 18.4 Å². The first-order valence-electron chi connectivity index (χ1n) is 6.61. The van der Waals surface area contributed by atoms with Crippen LogP contribution in [0, 0.1) is 0 Å². The van der Waals surface area contributed by atoms with Crippen LogP contribution in [-0.4, -0.2) is 44.2 Å². The molecule has 1 fully saturated rings. The molecule has 2 aromatic heterocycles. The van der Waals surface area contributed by atoms with Crippen LogP contribution in [0.3, 0.4) is 0 Å². The molecule has 0 radical (unpaired) electrons. The van der Waals surface area contributed by atoms with Crippen LogP contribution in [0.5, 0.6) is 0 Å². The van der Waals surface area contributed by atoms with Crippen molar-refractivity contribution in [2.75, 3.05) is 13.1 Å².